The van der Waals surface area contributed by atoms with Crippen molar-refractivity contribution in [3.63, 3.8) is 0 Å². The lowest BCUT2D eigenvalue weighted by molar-refractivity contribution is 0.516. The molecular formula is C40H41N3. The van der Waals surface area contributed by atoms with Gasteiger partial charge in [0.05, 0.1) is 28.1 Å². The van der Waals surface area contributed by atoms with Crippen molar-refractivity contribution in [3.8, 4) is 33.5 Å². The highest BCUT2D eigenvalue weighted by molar-refractivity contribution is 5.92. The minimum absolute atomic E-state index is 0.0321. The minimum Gasteiger partial charge on any atom is -0.353 e. The van der Waals surface area contributed by atoms with E-state index in [1.54, 1.807) is 0 Å². The van der Waals surface area contributed by atoms with Gasteiger partial charge in [-0.25, -0.2) is 9.98 Å². The maximum Gasteiger partial charge on any atom is 0.0875 e. The number of benzene rings is 3. The lowest BCUT2D eigenvalue weighted by Crippen LogP contribution is -2.33. The molecule has 1 aromatic heterocycles. The second-order valence-corrected chi connectivity index (χ2v) is 15.4. The molecule has 8 bridgehead atoms. The summed E-state index contributed by atoms with van der Waals surface area (Å²) in [6, 6.07) is 24.7. The molecule has 0 saturated carbocycles. The Morgan fingerprint density at radius 1 is 0.581 bits per heavy atom. The molecule has 0 fully saturated rings. The molecule has 216 valence electrons. The zero-order chi connectivity index (χ0) is 30.5. The maximum absolute atomic E-state index is 5.40. The van der Waals surface area contributed by atoms with Gasteiger partial charge in [0.2, 0.25) is 0 Å². The molecule has 1 N–H and O–H groups in total. The van der Waals surface area contributed by atoms with Crippen LogP contribution in [-0.2, 0) is 10.8 Å². The van der Waals surface area contributed by atoms with Gasteiger partial charge in [-0.1, -0.05) is 105 Å². The van der Waals surface area contributed by atoms with Crippen molar-refractivity contribution >= 4 is 17.1 Å². The summed E-state index contributed by atoms with van der Waals surface area (Å²) >= 11 is 0. The molecule has 0 spiro atoms. The lowest BCUT2D eigenvalue weighted by atomic mass is 9.82. The molecule has 3 aliphatic rings. The van der Waals surface area contributed by atoms with E-state index in [1.165, 1.54) is 33.4 Å². The fourth-order valence-electron chi connectivity index (χ4n) is 6.22. The normalized spacial score (nSPS) is 15.2. The van der Waals surface area contributed by atoms with Crippen LogP contribution in [0.1, 0.15) is 79.1 Å². The van der Waals surface area contributed by atoms with Crippen LogP contribution >= 0.6 is 0 Å². The fourth-order valence-corrected chi connectivity index (χ4v) is 6.22. The van der Waals surface area contributed by atoms with E-state index in [4.69, 9.17) is 9.98 Å². The Hall–Kier alpha value is -4.24. The number of hydrogen-bond acceptors (Lipinski definition) is 3. The molecular weight excluding hydrogens is 522 g/mol. The summed E-state index contributed by atoms with van der Waals surface area (Å²) in [7, 11) is 0. The van der Waals surface area contributed by atoms with Crippen molar-refractivity contribution < 1.29 is 0 Å². The first-order chi connectivity index (χ1) is 20.2. The van der Waals surface area contributed by atoms with Gasteiger partial charge in [0.25, 0.3) is 0 Å². The van der Waals surface area contributed by atoms with Crippen molar-refractivity contribution in [1.29, 1.82) is 0 Å². The number of para-hydroxylation sites is 2. The second-order valence-electron chi connectivity index (χ2n) is 15.4. The SMILES string of the molecule is CC(C)(C)C1=CC2=c3cccc4c3=Nc3c(cccc3-4)-c3cc(cc(C(C)(C)C)c3)-c3cc(C(C)(C)C)cc(n3)C(=C1)N2. The summed E-state index contributed by atoms with van der Waals surface area (Å²) in [4.78, 5) is 10.8. The predicted octanol–water partition coefficient (Wildman–Crippen LogP) is 8.98. The van der Waals surface area contributed by atoms with Crippen molar-refractivity contribution in [2.24, 2.45) is 10.4 Å². The summed E-state index contributed by atoms with van der Waals surface area (Å²) < 4.78 is 0. The van der Waals surface area contributed by atoms with Crippen LogP contribution in [0.25, 0.3) is 44.9 Å². The number of dihydropyridines is 1. The van der Waals surface area contributed by atoms with Crippen LogP contribution < -0.4 is 15.9 Å². The molecule has 4 heterocycles. The number of rotatable bonds is 0. The maximum atomic E-state index is 5.40. The first-order valence-corrected chi connectivity index (χ1v) is 15.4. The molecule has 3 aliphatic heterocycles. The van der Waals surface area contributed by atoms with Gasteiger partial charge in [0.15, 0.2) is 0 Å². The minimum atomic E-state index is -0.0460. The topological polar surface area (TPSA) is 37.3 Å². The van der Waals surface area contributed by atoms with E-state index in [2.05, 4.69) is 147 Å². The average molecular weight is 564 g/mol. The van der Waals surface area contributed by atoms with Gasteiger partial charge in [-0.15, -0.1) is 0 Å². The Morgan fingerprint density at radius 3 is 1.93 bits per heavy atom. The number of aromatic nitrogens is 1. The van der Waals surface area contributed by atoms with Crippen LogP contribution in [0.3, 0.4) is 0 Å². The molecule has 3 nitrogen and oxygen atoms in total. The van der Waals surface area contributed by atoms with Gasteiger partial charge in [0.1, 0.15) is 0 Å². The zero-order valence-electron chi connectivity index (χ0n) is 26.9. The number of allylic oxidation sites excluding steroid dienone is 2. The van der Waals surface area contributed by atoms with Crippen LogP contribution in [0.5, 0.6) is 0 Å². The van der Waals surface area contributed by atoms with Gasteiger partial charge >= 0.3 is 0 Å². The van der Waals surface area contributed by atoms with Crippen molar-refractivity contribution in [3.05, 3.63) is 112 Å². The largest absolute Gasteiger partial charge is 0.353 e. The molecule has 43 heavy (non-hydrogen) atoms. The first kappa shape index (κ1) is 27.6. The van der Waals surface area contributed by atoms with Crippen LogP contribution in [0.2, 0.25) is 0 Å². The van der Waals surface area contributed by atoms with Crippen LogP contribution in [0.4, 0.5) is 5.69 Å². The highest BCUT2D eigenvalue weighted by Crippen LogP contribution is 2.43. The number of pyridine rings is 1. The third-order valence-corrected chi connectivity index (χ3v) is 8.98. The average Bonchev–Trinajstić information content (AvgIpc) is 3.34. The van der Waals surface area contributed by atoms with Gasteiger partial charge in [-0.05, 0) is 74.9 Å². The number of fused-ring (bicyclic) bond motifs is 10. The number of nitrogens with zero attached hydrogens (tertiary/aromatic N) is 2. The van der Waals surface area contributed by atoms with E-state index in [0.717, 1.165) is 50.2 Å². The van der Waals surface area contributed by atoms with E-state index in [0.29, 0.717) is 0 Å². The van der Waals surface area contributed by atoms with Crippen LogP contribution in [0.15, 0.2) is 89.4 Å². The molecule has 3 aromatic carbocycles. The summed E-state index contributed by atoms with van der Waals surface area (Å²) in [6.45, 7) is 20.5. The number of hydrogen-bond donors (Lipinski definition) is 1. The zero-order valence-corrected chi connectivity index (χ0v) is 26.9. The smallest absolute Gasteiger partial charge is 0.0875 e. The van der Waals surface area contributed by atoms with Gasteiger partial charge in [0, 0.05) is 33.2 Å². The Morgan fingerprint density at radius 2 is 1.21 bits per heavy atom. The van der Waals surface area contributed by atoms with E-state index in [1.807, 2.05) is 0 Å². The molecule has 0 aliphatic carbocycles. The van der Waals surface area contributed by atoms with Crippen molar-refractivity contribution in [2.75, 3.05) is 0 Å². The molecule has 0 amide bonds. The molecule has 0 saturated heterocycles. The molecule has 0 atom stereocenters. The van der Waals surface area contributed by atoms with Gasteiger partial charge in [-0.3, -0.25) is 0 Å². The first-order valence-electron chi connectivity index (χ1n) is 15.4. The Kier molecular flexibility index (Phi) is 5.86. The van der Waals surface area contributed by atoms with Crippen LogP contribution in [0, 0.1) is 5.41 Å². The number of nitrogens with one attached hydrogen (secondary N) is 1. The molecule has 0 unspecified atom stereocenters. The Balaban J connectivity index is 1.67. The van der Waals surface area contributed by atoms with E-state index in [9.17, 15) is 0 Å². The van der Waals surface area contributed by atoms with Gasteiger partial charge in [-0.2, -0.15) is 0 Å². The molecule has 3 heteroatoms. The summed E-state index contributed by atoms with van der Waals surface area (Å²) in [5.74, 6) is 0. The summed E-state index contributed by atoms with van der Waals surface area (Å²) in [6.07, 6.45) is 4.59. The fraction of sp³-hybridized carbons (Fsp3) is 0.300. The van der Waals surface area contributed by atoms with Crippen molar-refractivity contribution in [1.82, 2.24) is 10.3 Å². The Labute approximate surface area is 255 Å². The lowest BCUT2D eigenvalue weighted by Gasteiger charge is -2.28. The predicted molar refractivity (Wildman–Crippen MR) is 180 cm³/mol. The van der Waals surface area contributed by atoms with E-state index >= 15 is 0 Å². The highest BCUT2D eigenvalue weighted by atomic mass is 14.9. The third-order valence-electron chi connectivity index (χ3n) is 8.98. The van der Waals surface area contributed by atoms with Crippen LogP contribution in [-0.4, -0.2) is 4.98 Å². The Bertz CT molecular complexity index is 2030. The standard InChI is InChI=1S/C40H41N3/c1-38(2,3)25-17-23-16-24(18-25)32-19-26(39(4,5)6)21-34(41-32)35-22-27(40(7,8)9)20-33(42-35)31-15-11-14-30-29-13-10-12-28(23)36(29)43-37(30)31/h10-22,42H,1-9H3. The monoisotopic (exact) mass is 563 g/mol. The van der Waals surface area contributed by atoms with Crippen molar-refractivity contribution in [2.45, 2.75) is 73.1 Å². The third kappa shape index (κ3) is 4.66. The summed E-state index contributed by atoms with van der Waals surface area (Å²) in [5.41, 5.74) is 14.6. The van der Waals surface area contributed by atoms with Gasteiger partial charge < -0.3 is 5.32 Å². The molecule has 0 radical (unpaired) electrons. The molecule has 7 rings (SSSR count). The quantitative estimate of drug-likeness (QED) is 0.204. The molecule has 4 aromatic rings. The van der Waals surface area contributed by atoms with E-state index < -0.39 is 0 Å². The highest BCUT2D eigenvalue weighted by Gasteiger charge is 2.27. The van der Waals surface area contributed by atoms with E-state index in [-0.39, 0.29) is 16.2 Å². The summed E-state index contributed by atoms with van der Waals surface area (Å²) in [5, 5.41) is 5.97. The second kappa shape index (κ2) is 9.13.